The van der Waals surface area contributed by atoms with Crippen LogP contribution in [0.3, 0.4) is 0 Å². The molecule has 0 spiro atoms. The Morgan fingerprint density at radius 3 is 2.66 bits per heavy atom. The number of unbranched alkanes of at least 4 members (excludes halogenated alkanes) is 1. The van der Waals surface area contributed by atoms with E-state index in [1.54, 1.807) is 0 Å². The van der Waals surface area contributed by atoms with Crippen LogP contribution >= 0.6 is 11.8 Å². The van der Waals surface area contributed by atoms with Crippen molar-refractivity contribution in [2.45, 2.75) is 38.6 Å². The van der Waals surface area contributed by atoms with E-state index < -0.39 is 11.2 Å². The molecule has 0 unspecified atom stereocenters. The van der Waals surface area contributed by atoms with Gasteiger partial charge in [0.05, 0.1) is 25.2 Å². The number of hydrogen-bond acceptors (Lipinski definition) is 6. The van der Waals surface area contributed by atoms with Crippen LogP contribution in [0.15, 0.2) is 39.9 Å². The van der Waals surface area contributed by atoms with E-state index >= 15 is 0 Å². The average Bonchev–Trinajstić information content (AvgIpc) is 3.08. The van der Waals surface area contributed by atoms with Crippen molar-refractivity contribution in [2.24, 2.45) is 0 Å². The van der Waals surface area contributed by atoms with Gasteiger partial charge in [0.2, 0.25) is 0 Å². The topological polar surface area (TPSA) is 99.0 Å². The number of imidazole rings is 1. The lowest BCUT2D eigenvalue weighted by Crippen LogP contribution is -2.31. The summed E-state index contributed by atoms with van der Waals surface area (Å²) in [4.78, 5) is 43.6. The molecule has 0 bridgehead atoms. The van der Waals surface area contributed by atoms with Gasteiger partial charge in [0.25, 0.3) is 5.56 Å². The SMILES string of the molecule is CCCCn1c(CSCC(=O)OC)nc2c1c(=O)[nH]c(=O)n2Cc1ccccc1. The third kappa shape index (κ3) is 4.79. The van der Waals surface area contributed by atoms with Gasteiger partial charge in [-0.05, 0) is 12.0 Å². The molecule has 0 saturated heterocycles. The minimum atomic E-state index is -0.486. The van der Waals surface area contributed by atoms with Gasteiger partial charge in [-0.3, -0.25) is 19.1 Å². The maximum atomic E-state index is 12.6. The first-order valence-electron chi connectivity index (χ1n) is 9.45. The largest absolute Gasteiger partial charge is 0.468 e. The Kier molecular flexibility index (Phi) is 6.92. The Labute approximate surface area is 171 Å². The number of carbonyl (C=O) groups is 1. The first-order chi connectivity index (χ1) is 14.0. The van der Waals surface area contributed by atoms with E-state index in [4.69, 9.17) is 0 Å². The minimum Gasteiger partial charge on any atom is -0.468 e. The molecule has 1 N–H and O–H groups in total. The zero-order chi connectivity index (χ0) is 20.8. The summed E-state index contributed by atoms with van der Waals surface area (Å²) in [6, 6.07) is 9.55. The van der Waals surface area contributed by atoms with Crippen molar-refractivity contribution >= 4 is 28.9 Å². The summed E-state index contributed by atoms with van der Waals surface area (Å²) < 4.78 is 8.03. The Bertz CT molecular complexity index is 1100. The summed E-state index contributed by atoms with van der Waals surface area (Å²) in [6.07, 6.45) is 1.83. The van der Waals surface area contributed by atoms with Crippen molar-refractivity contribution in [3.05, 3.63) is 62.6 Å². The zero-order valence-electron chi connectivity index (χ0n) is 16.5. The molecule has 1 aromatic carbocycles. The lowest BCUT2D eigenvalue weighted by Gasteiger charge is -2.08. The molecule has 2 heterocycles. The van der Waals surface area contributed by atoms with E-state index in [9.17, 15) is 14.4 Å². The number of hydrogen-bond donors (Lipinski definition) is 1. The highest BCUT2D eigenvalue weighted by atomic mass is 32.2. The lowest BCUT2D eigenvalue weighted by atomic mass is 10.2. The second-order valence-corrected chi connectivity index (χ2v) is 7.59. The van der Waals surface area contributed by atoms with E-state index in [0.717, 1.165) is 18.4 Å². The van der Waals surface area contributed by atoms with Gasteiger partial charge < -0.3 is 9.30 Å². The number of methoxy groups -OCH3 is 1. The smallest absolute Gasteiger partial charge is 0.330 e. The molecule has 0 aliphatic carbocycles. The number of esters is 1. The quantitative estimate of drug-likeness (QED) is 0.537. The molecule has 8 nitrogen and oxygen atoms in total. The predicted octanol–water partition coefficient (Wildman–Crippen LogP) is 2.14. The summed E-state index contributed by atoms with van der Waals surface area (Å²) in [6.45, 7) is 3.00. The number of aromatic nitrogens is 4. The van der Waals surface area contributed by atoms with Gasteiger partial charge in [-0.1, -0.05) is 43.7 Å². The monoisotopic (exact) mass is 416 g/mol. The van der Waals surface area contributed by atoms with Gasteiger partial charge in [0, 0.05) is 6.54 Å². The molecule has 0 amide bonds. The van der Waals surface area contributed by atoms with Crippen LogP contribution in [0.5, 0.6) is 0 Å². The maximum Gasteiger partial charge on any atom is 0.330 e. The summed E-state index contributed by atoms with van der Waals surface area (Å²) in [5.41, 5.74) is 0.769. The molecular formula is C20H24N4O4S. The highest BCUT2D eigenvalue weighted by Gasteiger charge is 2.19. The molecule has 0 saturated carbocycles. The number of benzene rings is 1. The van der Waals surface area contributed by atoms with Crippen LogP contribution in [0.25, 0.3) is 11.2 Å². The molecule has 154 valence electrons. The summed E-state index contributed by atoms with van der Waals surface area (Å²) >= 11 is 1.36. The van der Waals surface area contributed by atoms with Crippen LogP contribution < -0.4 is 11.2 Å². The minimum absolute atomic E-state index is 0.195. The van der Waals surface area contributed by atoms with Crippen molar-refractivity contribution in [1.82, 2.24) is 19.1 Å². The second kappa shape index (κ2) is 9.60. The first kappa shape index (κ1) is 20.9. The predicted molar refractivity (Wildman–Crippen MR) is 113 cm³/mol. The number of aryl methyl sites for hydroxylation is 1. The Morgan fingerprint density at radius 1 is 1.21 bits per heavy atom. The molecule has 3 rings (SSSR count). The highest BCUT2D eigenvalue weighted by Crippen LogP contribution is 2.18. The third-order valence-electron chi connectivity index (χ3n) is 4.56. The van der Waals surface area contributed by atoms with E-state index in [0.29, 0.717) is 35.8 Å². The van der Waals surface area contributed by atoms with Crippen LogP contribution in [-0.2, 0) is 28.4 Å². The summed E-state index contributed by atoms with van der Waals surface area (Å²) in [5, 5.41) is 0. The van der Waals surface area contributed by atoms with Gasteiger partial charge in [0.1, 0.15) is 5.82 Å². The number of ether oxygens (including phenoxy) is 1. The molecule has 0 fully saturated rings. The summed E-state index contributed by atoms with van der Waals surface area (Å²) in [7, 11) is 1.35. The molecule has 3 aromatic rings. The molecule has 2 aromatic heterocycles. The molecule has 0 aliphatic heterocycles. The first-order valence-corrected chi connectivity index (χ1v) is 10.6. The fourth-order valence-corrected chi connectivity index (χ4v) is 3.87. The lowest BCUT2D eigenvalue weighted by molar-refractivity contribution is -0.137. The van der Waals surface area contributed by atoms with Gasteiger partial charge in [0.15, 0.2) is 11.2 Å². The number of fused-ring (bicyclic) bond motifs is 1. The van der Waals surface area contributed by atoms with Gasteiger partial charge in [-0.15, -0.1) is 11.8 Å². The van der Waals surface area contributed by atoms with Crippen molar-refractivity contribution < 1.29 is 9.53 Å². The molecule has 29 heavy (non-hydrogen) atoms. The molecular weight excluding hydrogens is 392 g/mol. The number of rotatable bonds is 9. The van der Waals surface area contributed by atoms with Crippen molar-refractivity contribution in [1.29, 1.82) is 0 Å². The molecule has 0 atom stereocenters. The number of H-pyrrole nitrogens is 1. The maximum absolute atomic E-state index is 12.6. The number of nitrogens with zero attached hydrogens (tertiary/aromatic N) is 3. The van der Waals surface area contributed by atoms with E-state index in [-0.39, 0.29) is 11.7 Å². The van der Waals surface area contributed by atoms with E-state index in [1.165, 1.54) is 23.4 Å². The number of nitrogens with one attached hydrogen (secondary N) is 1. The van der Waals surface area contributed by atoms with Crippen LogP contribution in [0.2, 0.25) is 0 Å². The summed E-state index contributed by atoms with van der Waals surface area (Å²) in [5.74, 6) is 0.984. The normalized spacial score (nSPS) is 11.1. The van der Waals surface area contributed by atoms with Crippen molar-refractivity contribution in [2.75, 3.05) is 12.9 Å². The Balaban J connectivity index is 2.06. The fraction of sp³-hybridized carbons (Fsp3) is 0.400. The van der Waals surface area contributed by atoms with Gasteiger partial charge in [-0.25, -0.2) is 9.78 Å². The Morgan fingerprint density at radius 2 is 1.97 bits per heavy atom. The second-order valence-electron chi connectivity index (χ2n) is 6.61. The van der Waals surface area contributed by atoms with Gasteiger partial charge >= 0.3 is 11.7 Å². The van der Waals surface area contributed by atoms with E-state index in [2.05, 4.69) is 21.6 Å². The van der Waals surface area contributed by atoms with Crippen molar-refractivity contribution in [3.8, 4) is 0 Å². The van der Waals surface area contributed by atoms with Crippen LogP contribution in [0.1, 0.15) is 31.2 Å². The molecule has 9 heteroatoms. The van der Waals surface area contributed by atoms with E-state index in [1.807, 2.05) is 34.9 Å². The number of carbonyl (C=O) groups excluding carboxylic acids is 1. The number of thioether (sulfide) groups is 1. The zero-order valence-corrected chi connectivity index (χ0v) is 17.3. The molecule has 0 aliphatic rings. The fourth-order valence-electron chi connectivity index (χ4n) is 3.08. The number of aromatic amines is 1. The van der Waals surface area contributed by atoms with Crippen LogP contribution in [0.4, 0.5) is 0 Å². The van der Waals surface area contributed by atoms with Crippen molar-refractivity contribution in [3.63, 3.8) is 0 Å². The Hall–Kier alpha value is -2.81. The van der Waals surface area contributed by atoms with Crippen LogP contribution in [-0.4, -0.2) is 37.9 Å². The molecule has 0 radical (unpaired) electrons. The van der Waals surface area contributed by atoms with Crippen LogP contribution in [0, 0.1) is 0 Å². The average molecular weight is 417 g/mol. The third-order valence-corrected chi connectivity index (χ3v) is 5.46. The highest BCUT2D eigenvalue weighted by molar-refractivity contribution is 7.99. The standard InChI is InChI=1S/C20H24N4O4S/c1-3-4-10-23-15(12-29-13-16(25)28-2)21-18-17(23)19(26)22-20(27)24(18)11-14-8-6-5-7-9-14/h5-9H,3-4,10-13H2,1-2H3,(H,22,26,27). The van der Waals surface area contributed by atoms with Gasteiger partial charge in [-0.2, -0.15) is 0 Å².